The molecule has 0 saturated carbocycles. The normalized spacial score (nSPS) is 13.0. The molecule has 2 amide bonds. The average Bonchev–Trinajstić information content (AvgIpc) is 3.44. The Morgan fingerprint density at radius 1 is 1.18 bits per heavy atom. The van der Waals surface area contributed by atoms with Crippen LogP contribution in [0.1, 0.15) is 36.7 Å². The molecule has 0 fully saturated rings. The van der Waals surface area contributed by atoms with Gasteiger partial charge in [0, 0.05) is 22.7 Å². The number of fused-ring (bicyclic) bond motifs is 1. The van der Waals surface area contributed by atoms with Crippen LogP contribution in [0.4, 0.5) is 11.4 Å². The van der Waals surface area contributed by atoms with Crippen LogP contribution in [0.2, 0.25) is 0 Å². The van der Waals surface area contributed by atoms with E-state index in [0.717, 1.165) is 21.7 Å². The summed E-state index contributed by atoms with van der Waals surface area (Å²) in [5.41, 5.74) is 4.36. The van der Waals surface area contributed by atoms with E-state index >= 15 is 0 Å². The molecule has 0 spiro atoms. The molecule has 0 unspecified atom stereocenters. The Morgan fingerprint density at radius 3 is 2.76 bits per heavy atom. The topological polar surface area (TPSA) is 116 Å². The van der Waals surface area contributed by atoms with E-state index in [0.29, 0.717) is 34.8 Å². The molecule has 4 aromatic rings. The summed E-state index contributed by atoms with van der Waals surface area (Å²) in [5.74, 6) is 0.379. The lowest BCUT2D eigenvalue weighted by Crippen LogP contribution is -2.19. The maximum Gasteiger partial charge on any atom is 0.255 e. The van der Waals surface area contributed by atoms with Gasteiger partial charge in [-0.15, -0.1) is 11.8 Å². The Labute approximate surface area is 200 Å². The Kier molecular flexibility index (Phi) is 6.69. The number of aromatic amines is 1. The molecule has 9 nitrogen and oxygen atoms in total. The van der Waals surface area contributed by atoms with Crippen molar-refractivity contribution >= 4 is 51.7 Å². The number of aromatic nitrogens is 4. The van der Waals surface area contributed by atoms with Gasteiger partial charge in [0.15, 0.2) is 5.65 Å². The lowest BCUT2D eigenvalue weighted by Gasteiger charge is -2.12. The molecule has 1 aliphatic heterocycles. The number of benzene rings is 2. The molecule has 0 saturated heterocycles. The zero-order valence-corrected chi connectivity index (χ0v) is 18.5. The second-order valence-corrected chi connectivity index (χ2v) is 8.48. The van der Waals surface area contributed by atoms with Gasteiger partial charge in [-0.05, 0) is 48.9 Å². The summed E-state index contributed by atoms with van der Waals surface area (Å²) in [4.78, 5) is 33.2. The van der Waals surface area contributed by atoms with Gasteiger partial charge in [0.05, 0.1) is 23.7 Å². The smallest absolute Gasteiger partial charge is 0.255 e. The summed E-state index contributed by atoms with van der Waals surface area (Å²) in [6, 6.07) is 14.5. The number of carbonyl (C=O) groups excluding carboxylic acids is 2. The fraction of sp³-hybridized carbons (Fsp3) is 0.167. The van der Waals surface area contributed by atoms with Crippen molar-refractivity contribution in [3.8, 4) is 0 Å². The highest BCUT2D eigenvalue weighted by Crippen LogP contribution is 2.27. The lowest BCUT2D eigenvalue weighted by atomic mass is 10.1. The molecular weight excluding hydrogens is 450 g/mol. The number of nitrogens with zero attached hydrogens (tertiary/aromatic N) is 5. The van der Waals surface area contributed by atoms with Gasteiger partial charge < -0.3 is 5.32 Å². The second kappa shape index (κ2) is 9.84. The minimum absolute atomic E-state index is 0. The van der Waals surface area contributed by atoms with Crippen LogP contribution >= 0.6 is 11.8 Å². The van der Waals surface area contributed by atoms with E-state index in [1.54, 1.807) is 42.2 Å². The zero-order valence-electron chi connectivity index (χ0n) is 17.6. The Morgan fingerprint density at radius 2 is 2.00 bits per heavy atom. The zero-order chi connectivity index (χ0) is 22.8. The van der Waals surface area contributed by atoms with Crippen LogP contribution in [0.5, 0.6) is 0 Å². The number of hydrogen-bond acceptors (Lipinski definition) is 7. The molecule has 0 bridgehead atoms. The molecular formula is C24H23N7O2S. The summed E-state index contributed by atoms with van der Waals surface area (Å²) < 4.78 is 0. The minimum Gasteiger partial charge on any atom is -0.322 e. The molecule has 0 atom stereocenters. The quantitative estimate of drug-likeness (QED) is 0.311. The maximum absolute atomic E-state index is 12.7. The Balaban J connectivity index is 0.00000274. The number of hydrazone groups is 1. The van der Waals surface area contributed by atoms with Gasteiger partial charge in [-0.25, -0.2) is 15.0 Å². The van der Waals surface area contributed by atoms with Gasteiger partial charge in [0.25, 0.3) is 11.8 Å². The molecule has 1 aliphatic rings. The number of amides is 2. The van der Waals surface area contributed by atoms with Crippen LogP contribution < -0.4 is 10.3 Å². The van der Waals surface area contributed by atoms with Gasteiger partial charge in [-0.3, -0.25) is 14.7 Å². The minimum atomic E-state index is -0.227. The number of nitrogens with one attached hydrogen (secondary N) is 2. The van der Waals surface area contributed by atoms with E-state index in [1.165, 1.54) is 11.3 Å². The first-order chi connectivity index (χ1) is 16.1. The predicted molar refractivity (Wildman–Crippen MR) is 134 cm³/mol. The largest absolute Gasteiger partial charge is 0.322 e. The number of rotatable bonds is 6. The van der Waals surface area contributed by atoms with Crippen molar-refractivity contribution in [3.63, 3.8) is 0 Å². The SMILES string of the molecule is C.CC1=NN(c2ccc(C(=O)Nc3cccc(CSc4ncnc5[nH]ncc45)c3)cc2)C(=O)C1. The van der Waals surface area contributed by atoms with Crippen molar-refractivity contribution in [3.05, 3.63) is 72.2 Å². The molecule has 0 aliphatic carbocycles. The molecule has 34 heavy (non-hydrogen) atoms. The first kappa shape index (κ1) is 23.1. The third-order valence-corrected chi connectivity index (χ3v) is 6.14. The van der Waals surface area contributed by atoms with Crippen molar-refractivity contribution in [2.75, 3.05) is 10.3 Å². The van der Waals surface area contributed by atoms with Crippen LogP contribution in [0.15, 0.2) is 71.2 Å². The standard InChI is InChI=1S/C23H19N7O2S.CH4/c1-14-9-20(31)30(29-14)18-7-5-16(6-8-18)22(32)27-17-4-2-3-15(10-17)12-33-23-19-11-26-28-21(19)24-13-25-23;/h2-8,10-11,13H,9,12H2,1H3,(H,27,32)(H,24,25,26,28);1H4. The second-order valence-electron chi connectivity index (χ2n) is 7.52. The fourth-order valence-corrected chi connectivity index (χ4v) is 4.37. The van der Waals surface area contributed by atoms with Crippen molar-refractivity contribution in [2.45, 2.75) is 31.6 Å². The van der Waals surface area contributed by atoms with Crippen LogP contribution in [0.3, 0.4) is 0 Å². The summed E-state index contributed by atoms with van der Waals surface area (Å²) in [6.07, 6.45) is 3.55. The van der Waals surface area contributed by atoms with Crippen molar-refractivity contribution < 1.29 is 9.59 Å². The molecule has 3 heterocycles. The summed E-state index contributed by atoms with van der Waals surface area (Å²) in [6.45, 7) is 1.82. The van der Waals surface area contributed by atoms with Crippen LogP contribution in [-0.2, 0) is 10.5 Å². The molecule has 0 radical (unpaired) electrons. The van der Waals surface area contributed by atoms with Gasteiger partial charge in [-0.1, -0.05) is 19.6 Å². The third-order valence-electron chi connectivity index (χ3n) is 5.06. The summed E-state index contributed by atoms with van der Waals surface area (Å²) >= 11 is 1.58. The van der Waals surface area contributed by atoms with E-state index in [9.17, 15) is 9.59 Å². The summed E-state index contributed by atoms with van der Waals surface area (Å²) in [7, 11) is 0. The monoisotopic (exact) mass is 473 g/mol. The summed E-state index contributed by atoms with van der Waals surface area (Å²) in [5, 5.41) is 17.1. The maximum atomic E-state index is 12.7. The first-order valence-corrected chi connectivity index (χ1v) is 11.2. The number of carbonyl (C=O) groups is 2. The molecule has 2 aromatic carbocycles. The number of anilines is 2. The number of hydrogen-bond donors (Lipinski definition) is 2. The van der Waals surface area contributed by atoms with E-state index in [2.05, 4.69) is 30.6 Å². The van der Waals surface area contributed by atoms with E-state index in [1.807, 2.05) is 31.2 Å². The third kappa shape index (κ3) is 4.81. The highest BCUT2D eigenvalue weighted by molar-refractivity contribution is 7.98. The van der Waals surface area contributed by atoms with Crippen LogP contribution in [0.25, 0.3) is 11.0 Å². The van der Waals surface area contributed by atoms with Gasteiger partial charge in [0.2, 0.25) is 0 Å². The predicted octanol–water partition coefficient (Wildman–Crippen LogP) is 4.65. The molecule has 172 valence electrons. The van der Waals surface area contributed by atoms with Crippen LogP contribution in [0, 0.1) is 0 Å². The van der Waals surface area contributed by atoms with Crippen LogP contribution in [-0.4, -0.2) is 37.7 Å². The van der Waals surface area contributed by atoms with E-state index in [-0.39, 0.29) is 19.2 Å². The lowest BCUT2D eigenvalue weighted by molar-refractivity contribution is -0.116. The first-order valence-electron chi connectivity index (χ1n) is 10.2. The van der Waals surface area contributed by atoms with Crippen molar-refractivity contribution in [1.82, 2.24) is 20.2 Å². The Bertz CT molecular complexity index is 1380. The van der Waals surface area contributed by atoms with Gasteiger partial charge >= 0.3 is 0 Å². The molecule has 10 heteroatoms. The number of thioether (sulfide) groups is 1. The molecule has 2 aromatic heterocycles. The fourth-order valence-electron chi connectivity index (χ4n) is 3.46. The van der Waals surface area contributed by atoms with E-state index in [4.69, 9.17) is 0 Å². The average molecular weight is 474 g/mol. The molecule has 5 rings (SSSR count). The van der Waals surface area contributed by atoms with Crippen molar-refractivity contribution in [2.24, 2.45) is 5.10 Å². The van der Waals surface area contributed by atoms with E-state index < -0.39 is 0 Å². The molecule has 2 N–H and O–H groups in total. The number of H-pyrrole nitrogens is 1. The van der Waals surface area contributed by atoms with Gasteiger partial charge in [-0.2, -0.15) is 10.2 Å². The highest BCUT2D eigenvalue weighted by atomic mass is 32.2. The van der Waals surface area contributed by atoms with Gasteiger partial charge in [0.1, 0.15) is 11.4 Å². The Hall–Kier alpha value is -4.05. The van der Waals surface area contributed by atoms with Crippen molar-refractivity contribution in [1.29, 1.82) is 0 Å². The highest BCUT2D eigenvalue weighted by Gasteiger charge is 2.22.